The Balaban J connectivity index is 1.27. The van der Waals surface area contributed by atoms with Gasteiger partial charge in [0, 0.05) is 23.2 Å². The number of allylic oxidation sites excluding steroid dienone is 1. The first-order chi connectivity index (χ1) is 23.4. The van der Waals surface area contributed by atoms with Crippen LogP contribution in [0.25, 0.3) is 10.8 Å². The third-order valence-electron chi connectivity index (χ3n) is 8.91. The van der Waals surface area contributed by atoms with E-state index in [1.54, 1.807) is 30.3 Å². The Morgan fingerprint density at radius 2 is 1.29 bits per heavy atom. The summed E-state index contributed by atoms with van der Waals surface area (Å²) >= 11 is 0. The van der Waals surface area contributed by atoms with Crippen LogP contribution in [-0.2, 0) is 16.0 Å². The maximum absolute atomic E-state index is 12.7. The first-order valence-corrected chi connectivity index (χ1v) is 18.2. The van der Waals surface area contributed by atoms with Crippen LogP contribution in [0.1, 0.15) is 132 Å². The molecule has 2 amide bonds. The van der Waals surface area contributed by atoms with E-state index in [1.807, 2.05) is 36.4 Å². The van der Waals surface area contributed by atoms with Crippen molar-refractivity contribution >= 4 is 34.2 Å². The van der Waals surface area contributed by atoms with Gasteiger partial charge < -0.3 is 20.8 Å². The number of nitrogens with one attached hydrogen (secondary N) is 2. The molecule has 260 valence electrons. The lowest BCUT2D eigenvalue weighted by molar-refractivity contribution is -0.133. The van der Waals surface area contributed by atoms with E-state index in [9.17, 15) is 24.6 Å². The lowest BCUT2D eigenvalue weighted by Gasteiger charge is -2.10. The molecule has 3 rings (SSSR count). The van der Waals surface area contributed by atoms with Gasteiger partial charge in [-0.15, -0.1) is 0 Å². The Morgan fingerprint density at radius 1 is 0.708 bits per heavy atom. The van der Waals surface area contributed by atoms with Crippen molar-refractivity contribution in [3.8, 4) is 5.75 Å². The summed E-state index contributed by atoms with van der Waals surface area (Å²) in [6, 6.07) is 18.1. The van der Waals surface area contributed by atoms with E-state index in [2.05, 4.69) is 17.6 Å². The molecule has 0 aromatic heterocycles. The number of fused-ring (bicyclic) bond motifs is 1. The number of aromatic hydroxyl groups is 1. The van der Waals surface area contributed by atoms with E-state index >= 15 is 0 Å². The Hall–Kier alpha value is -4.13. The minimum Gasteiger partial charge on any atom is -0.506 e. The van der Waals surface area contributed by atoms with Crippen LogP contribution in [0.2, 0.25) is 0 Å². The van der Waals surface area contributed by atoms with E-state index in [4.69, 9.17) is 0 Å². The number of amides is 2. The van der Waals surface area contributed by atoms with Crippen molar-refractivity contribution in [2.45, 2.75) is 122 Å². The summed E-state index contributed by atoms with van der Waals surface area (Å²) in [6.07, 6.45) is 22.1. The van der Waals surface area contributed by atoms with Gasteiger partial charge in [0.1, 0.15) is 5.75 Å². The van der Waals surface area contributed by atoms with Gasteiger partial charge in [-0.3, -0.25) is 9.59 Å². The predicted octanol–water partition coefficient (Wildman–Crippen LogP) is 10.1. The van der Waals surface area contributed by atoms with Gasteiger partial charge in [0.15, 0.2) is 0 Å². The standard InChI is InChI=1S/C41H56N2O5/c1-2-3-4-5-6-7-8-9-10-11-12-13-14-15-16-17-21-34(41(47)48)31-38(44)43-35-26-23-32(24-27-35)29-30-42-40(46)37-28-25-33-20-18-19-22-36(33)39(37)45/h18-28,45H,2-17,29-31H2,1H3,(H,42,46)(H,43,44)(H,47,48)/b34-21-. The van der Waals surface area contributed by atoms with Crippen LogP contribution in [0.5, 0.6) is 5.75 Å². The lowest BCUT2D eigenvalue weighted by atomic mass is 10.0. The number of benzene rings is 3. The van der Waals surface area contributed by atoms with Gasteiger partial charge in [0.2, 0.25) is 5.91 Å². The molecular formula is C41H56N2O5. The average molecular weight is 657 g/mol. The number of phenolic OH excluding ortho intramolecular Hbond substituents is 1. The monoisotopic (exact) mass is 656 g/mol. The van der Waals surface area contributed by atoms with Crippen molar-refractivity contribution in [3.05, 3.63) is 83.4 Å². The third-order valence-corrected chi connectivity index (χ3v) is 8.91. The second kappa shape index (κ2) is 22.4. The largest absolute Gasteiger partial charge is 0.506 e. The summed E-state index contributed by atoms with van der Waals surface area (Å²) in [7, 11) is 0. The fraction of sp³-hybridized carbons (Fsp3) is 0.488. The number of hydrogen-bond donors (Lipinski definition) is 4. The van der Waals surface area contributed by atoms with E-state index in [-0.39, 0.29) is 35.1 Å². The molecule has 0 atom stereocenters. The first-order valence-electron chi connectivity index (χ1n) is 18.2. The van der Waals surface area contributed by atoms with E-state index in [1.165, 1.54) is 83.5 Å². The Bertz CT molecular complexity index is 1450. The van der Waals surface area contributed by atoms with Crippen LogP contribution in [0, 0.1) is 0 Å². The van der Waals surface area contributed by atoms with Crippen molar-refractivity contribution in [3.63, 3.8) is 0 Å². The van der Waals surface area contributed by atoms with E-state index in [0.717, 1.165) is 23.8 Å². The average Bonchev–Trinajstić information content (AvgIpc) is 3.08. The molecular weight excluding hydrogens is 600 g/mol. The van der Waals surface area contributed by atoms with Crippen LogP contribution in [-0.4, -0.2) is 34.5 Å². The number of carboxylic acid groups (broad SMARTS) is 1. The summed E-state index contributed by atoms with van der Waals surface area (Å²) in [4.78, 5) is 37.0. The van der Waals surface area contributed by atoms with Crippen molar-refractivity contribution in [1.82, 2.24) is 5.32 Å². The molecule has 0 unspecified atom stereocenters. The summed E-state index contributed by atoms with van der Waals surface area (Å²) in [6.45, 7) is 2.64. The highest BCUT2D eigenvalue weighted by atomic mass is 16.4. The molecule has 0 fully saturated rings. The molecule has 3 aromatic carbocycles. The van der Waals surface area contributed by atoms with Crippen LogP contribution in [0.15, 0.2) is 72.3 Å². The second-order valence-corrected chi connectivity index (χ2v) is 12.9. The highest BCUT2D eigenvalue weighted by Crippen LogP contribution is 2.28. The Morgan fingerprint density at radius 3 is 1.90 bits per heavy atom. The van der Waals surface area contributed by atoms with Crippen molar-refractivity contribution < 1.29 is 24.6 Å². The van der Waals surface area contributed by atoms with E-state index in [0.29, 0.717) is 30.5 Å². The zero-order chi connectivity index (χ0) is 34.4. The van der Waals surface area contributed by atoms with Crippen LogP contribution in [0.3, 0.4) is 0 Å². The number of hydrogen-bond acceptors (Lipinski definition) is 4. The minimum atomic E-state index is -1.06. The topological polar surface area (TPSA) is 116 Å². The van der Waals surface area contributed by atoms with Gasteiger partial charge in [0.25, 0.3) is 5.91 Å². The number of carbonyl (C=O) groups is 3. The highest BCUT2D eigenvalue weighted by Gasteiger charge is 2.14. The van der Waals surface area contributed by atoms with Gasteiger partial charge in [-0.05, 0) is 48.4 Å². The molecule has 0 bridgehead atoms. The molecule has 7 heteroatoms. The van der Waals surface area contributed by atoms with E-state index < -0.39 is 5.97 Å². The third kappa shape index (κ3) is 14.3. The van der Waals surface area contributed by atoms with Gasteiger partial charge in [-0.1, -0.05) is 145 Å². The Kier molecular flexibility index (Phi) is 17.9. The molecule has 0 saturated heterocycles. The van der Waals surface area contributed by atoms with Crippen LogP contribution >= 0.6 is 0 Å². The zero-order valence-electron chi connectivity index (χ0n) is 28.9. The van der Waals surface area contributed by atoms with Crippen molar-refractivity contribution in [1.29, 1.82) is 0 Å². The number of unbranched alkanes of at least 4 members (excludes halogenated alkanes) is 15. The number of aliphatic carboxylic acids is 1. The number of anilines is 1. The Labute approximate surface area is 287 Å². The number of carboxylic acids is 1. The molecule has 0 spiro atoms. The lowest BCUT2D eigenvalue weighted by Crippen LogP contribution is -2.25. The molecule has 7 nitrogen and oxygen atoms in total. The van der Waals surface area contributed by atoms with Crippen molar-refractivity contribution in [2.24, 2.45) is 0 Å². The van der Waals surface area contributed by atoms with Crippen LogP contribution < -0.4 is 10.6 Å². The molecule has 0 radical (unpaired) electrons. The number of phenols is 1. The summed E-state index contributed by atoms with van der Waals surface area (Å²) in [5.74, 6) is -1.79. The number of rotatable bonds is 24. The molecule has 0 aliphatic heterocycles. The molecule has 48 heavy (non-hydrogen) atoms. The smallest absolute Gasteiger partial charge is 0.331 e. The van der Waals surface area contributed by atoms with Crippen molar-refractivity contribution in [2.75, 3.05) is 11.9 Å². The molecule has 0 aliphatic carbocycles. The maximum Gasteiger partial charge on any atom is 0.331 e. The first kappa shape index (κ1) is 38.3. The summed E-state index contributed by atoms with van der Waals surface area (Å²) in [5, 5.41) is 27.3. The molecule has 3 aromatic rings. The summed E-state index contributed by atoms with van der Waals surface area (Å²) < 4.78 is 0. The zero-order valence-corrected chi connectivity index (χ0v) is 28.9. The molecule has 0 saturated carbocycles. The maximum atomic E-state index is 12.7. The highest BCUT2D eigenvalue weighted by molar-refractivity contribution is 6.03. The van der Waals surface area contributed by atoms with Gasteiger partial charge in [0.05, 0.1) is 12.0 Å². The quantitative estimate of drug-likeness (QED) is 0.0566. The molecule has 4 N–H and O–H groups in total. The second-order valence-electron chi connectivity index (χ2n) is 12.9. The number of carbonyl (C=O) groups excluding carboxylic acids is 2. The van der Waals surface area contributed by atoms with Crippen LogP contribution in [0.4, 0.5) is 5.69 Å². The predicted molar refractivity (Wildman–Crippen MR) is 197 cm³/mol. The molecule has 0 aliphatic rings. The van der Waals surface area contributed by atoms with Gasteiger partial charge >= 0.3 is 5.97 Å². The SMILES string of the molecule is CCCCCCCCCCCCCCCCC/C=C(/CC(=O)Nc1ccc(CCNC(=O)c2ccc3ccccc3c2O)cc1)C(=O)O. The summed E-state index contributed by atoms with van der Waals surface area (Å²) in [5.41, 5.74) is 1.91. The minimum absolute atomic E-state index is 0.0309. The van der Waals surface area contributed by atoms with Gasteiger partial charge in [-0.2, -0.15) is 0 Å². The fourth-order valence-corrected chi connectivity index (χ4v) is 6.01. The normalized spacial score (nSPS) is 11.5. The molecule has 0 heterocycles. The van der Waals surface area contributed by atoms with Gasteiger partial charge in [-0.25, -0.2) is 4.79 Å². The fourth-order valence-electron chi connectivity index (χ4n) is 6.01.